The molecule has 1 aromatic carbocycles. The summed E-state index contributed by atoms with van der Waals surface area (Å²) >= 11 is 0. The van der Waals surface area contributed by atoms with Crippen molar-refractivity contribution >= 4 is 28.5 Å². The van der Waals surface area contributed by atoms with Gasteiger partial charge in [-0.3, -0.25) is 9.00 Å². The quantitative estimate of drug-likeness (QED) is 0.545. The summed E-state index contributed by atoms with van der Waals surface area (Å²) < 4.78 is 18.9. The number of benzene rings is 1. The molecule has 2 atom stereocenters. The Morgan fingerprint density at radius 3 is 2.59 bits per heavy atom. The largest absolute Gasteiger partial charge is 0.445 e. The molecule has 1 unspecified atom stereocenters. The van der Waals surface area contributed by atoms with Gasteiger partial charge >= 0.3 is 0 Å². The Bertz CT molecular complexity index is 1340. The number of aryl methyl sites for hydroxylation is 2. The average molecular weight is 521 g/mol. The molecule has 0 aliphatic carbocycles. The maximum atomic E-state index is 12.8. The number of piperidine rings is 2. The second-order valence-electron chi connectivity index (χ2n) is 10.2. The van der Waals surface area contributed by atoms with Crippen molar-refractivity contribution in [3.05, 3.63) is 47.7 Å². The smallest absolute Gasteiger partial charge is 0.227 e. The van der Waals surface area contributed by atoms with E-state index in [0.717, 1.165) is 65.8 Å². The van der Waals surface area contributed by atoms with E-state index in [4.69, 9.17) is 19.4 Å². The van der Waals surface area contributed by atoms with Crippen LogP contribution in [0.1, 0.15) is 48.9 Å². The molecular formula is C27H32N6O3S. The molecule has 3 aliphatic rings. The standard InChI is InChI=1S/C27H32N6O3S/c1-17-23(18-6-4-3-5-7-18)30-26(36-17)19-10-13-33(14-11-19)27-29-21-12-15-37(35)24(21)25(31-27)28-20-8-9-22(34)32(2)16-20/h3-7,19-20H,8-16H2,1-2H3,(H,28,29,31)/t20?,37-/m0/s1. The zero-order valence-electron chi connectivity index (χ0n) is 21.3. The molecule has 2 aromatic heterocycles. The van der Waals surface area contributed by atoms with E-state index in [1.54, 1.807) is 4.90 Å². The second kappa shape index (κ2) is 9.89. The number of likely N-dealkylation sites (N-methyl/N-ethyl adjacent to an activating group) is 1. The Labute approximate surface area is 219 Å². The van der Waals surface area contributed by atoms with Gasteiger partial charge in [0.05, 0.1) is 16.5 Å². The van der Waals surface area contributed by atoms with Crippen LogP contribution in [-0.2, 0) is 22.0 Å². The highest BCUT2D eigenvalue weighted by molar-refractivity contribution is 7.85. The minimum Gasteiger partial charge on any atom is -0.445 e. The molecule has 2 fully saturated rings. The number of carbonyl (C=O) groups excluding carboxylic acids is 1. The summed E-state index contributed by atoms with van der Waals surface area (Å²) in [5.74, 6) is 4.01. The van der Waals surface area contributed by atoms with Crippen molar-refractivity contribution < 1.29 is 13.4 Å². The first-order valence-corrected chi connectivity index (χ1v) is 14.4. The number of carbonyl (C=O) groups is 1. The van der Waals surface area contributed by atoms with Crippen LogP contribution < -0.4 is 10.2 Å². The van der Waals surface area contributed by atoms with Gasteiger partial charge in [-0.15, -0.1) is 0 Å². The highest BCUT2D eigenvalue weighted by Gasteiger charge is 2.32. The summed E-state index contributed by atoms with van der Waals surface area (Å²) in [6.07, 6.45) is 3.76. The van der Waals surface area contributed by atoms with E-state index < -0.39 is 10.8 Å². The number of hydrogen-bond acceptors (Lipinski definition) is 8. The van der Waals surface area contributed by atoms with Gasteiger partial charge in [-0.1, -0.05) is 30.3 Å². The fraction of sp³-hybridized carbons (Fsp3) is 0.481. The number of amides is 1. The fourth-order valence-corrected chi connectivity index (χ4v) is 6.84. The van der Waals surface area contributed by atoms with Crippen LogP contribution in [0.5, 0.6) is 0 Å². The molecule has 5 heterocycles. The molecule has 6 rings (SSSR count). The van der Waals surface area contributed by atoms with Crippen molar-refractivity contribution in [1.82, 2.24) is 19.9 Å². The number of aromatic nitrogens is 3. The summed E-state index contributed by atoms with van der Waals surface area (Å²) in [4.78, 5) is 31.2. The summed E-state index contributed by atoms with van der Waals surface area (Å²) in [6.45, 7) is 4.19. The van der Waals surface area contributed by atoms with Crippen molar-refractivity contribution in [3.8, 4) is 11.3 Å². The normalized spacial score (nSPS) is 22.4. The third kappa shape index (κ3) is 4.74. The Balaban J connectivity index is 1.18. The van der Waals surface area contributed by atoms with Gasteiger partial charge in [-0.25, -0.2) is 9.97 Å². The Morgan fingerprint density at radius 1 is 1.05 bits per heavy atom. The van der Waals surface area contributed by atoms with Crippen LogP contribution in [0, 0.1) is 6.92 Å². The van der Waals surface area contributed by atoms with Gasteiger partial charge in [0, 0.05) is 62.8 Å². The summed E-state index contributed by atoms with van der Waals surface area (Å²) in [5, 5.41) is 3.51. The van der Waals surface area contributed by atoms with Crippen molar-refractivity contribution in [2.45, 2.75) is 55.9 Å². The molecule has 1 amide bonds. The van der Waals surface area contributed by atoms with Gasteiger partial charge in [0.2, 0.25) is 11.9 Å². The average Bonchev–Trinajstić information content (AvgIpc) is 3.49. The molecular weight excluding hydrogens is 488 g/mol. The number of nitrogens with one attached hydrogen (secondary N) is 1. The first-order chi connectivity index (χ1) is 18.0. The highest BCUT2D eigenvalue weighted by atomic mass is 32.2. The number of anilines is 2. The van der Waals surface area contributed by atoms with Crippen LogP contribution in [0.15, 0.2) is 39.6 Å². The van der Waals surface area contributed by atoms with Gasteiger partial charge in [0.1, 0.15) is 22.2 Å². The maximum Gasteiger partial charge on any atom is 0.227 e. The van der Waals surface area contributed by atoms with E-state index in [-0.39, 0.29) is 17.9 Å². The number of likely N-dealkylation sites (tertiary alicyclic amines) is 1. The number of fused-ring (bicyclic) bond motifs is 1. The predicted molar refractivity (Wildman–Crippen MR) is 142 cm³/mol. The number of hydrogen-bond donors (Lipinski definition) is 1. The monoisotopic (exact) mass is 520 g/mol. The Kier molecular flexibility index (Phi) is 6.44. The maximum absolute atomic E-state index is 12.8. The number of oxazole rings is 1. The molecule has 0 radical (unpaired) electrons. The number of rotatable bonds is 5. The van der Waals surface area contributed by atoms with E-state index in [1.807, 2.05) is 32.2 Å². The van der Waals surface area contributed by atoms with E-state index >= 15 is 0 Å². The first kappa shape index (κ1) is 24.1. The summed E-state index contributed by atoms with van der Waals surface area (Å²) in [6, 6.07) is 10.2. The van der Waals surface area contributed by atoms with E-state index in [0.29, 0.717) is 36.9 Å². The Morgan fingerprint density at radius 2 is 1.84 bits per heavy atom. The lowest BCUT2D eigenvalue weighted by atomic mass is 9.97. The summed E-state index contributed by atoms with van der Waals surface area (Å²) in [5.41, 5.74) is 2.87. The molecule has 0 saturated carbocycles. The van der Waals surface area contributed by atoms with Gasteiger partial charge in [-0.2, -0.15) is 4.98 Å². The Hall–Kier alpha value is -3.27. The van der Waals surface area contributed by atoms with Crippen LogP contribution in [0.4, 0.5) is 11.8 Å². The lowest BCUT2D eigenvalue weighted by Crippen LogP contribution is -2.43. The number of nitrogens with zero attached hydrogens (tertiary/aromatic N) is 5. The lowest BCUT2D eigenvalue weighted by Gasteiger charge is -2.32. The minimum absolute atomic E-state index is 0.0879. The molecule has 1 N–H and O–H groups in total. The van der Waals surface area contributed by atoms with Crippen LogP contribution in [0.3, 0.4) is 0 Å². The molecule has 194 valence electrons. The molecule has 0 bridgehead atoms. The zero-order chi connectivity index (χ0) is 25.5. The molecule has 37 heavy (non-hydrogen) atoms. The molecule has 2 saturated heterocycles. The predicted octanol–water partition coefficient (Wildman–Crippen LogP) is 3.52. The fourth-order valence-electron chi connectivity index (χ4n) is 5.53. The SMILES string of the molecule is Cc1oc(C2CCN(c3nc4c(c(NC5CCC(=O)N(C)C5)n3)[S@@](=O)CC4)CC2)nc1-c1ccccc1. The van der Waals surface area contributed by atoms with Crippen LogP contribution >= 0.6 is 0 Å². The van der Waals surface area contributed by atoms with Crippen molar-refractivity contribution in [1.29, 1.82) is 0 Å². The van der Waals surface area contributed by atoms with Gasteiger partial charge < -0.3 is 19.5 Å². The zero-order valence-corrected chi connectivity index (χ0v) is 22.1. The van der Waals surface area contributed by atoms with Crippen LogP contribution in [0.2, 0.25) is 0 Å². The van der Waals surface area contributed by atoms with Crippen molar-refractivity contribution in [3.63, 3.8) is 0 Å². The van der Waals surface area contributed by atoms with Gasteiger partial charge in [0.15, 0.2) is 5.89 Å². The third-order valence-corrected chi connectivity index (χ3v) is 9.09. The third-order valence-electron chi connectivity index (χ3n) is 7.63. The van der Waals surface area contributed by atoms with Crippen LogP contribution in [-0.4, -0.2) is 68.4 Å². The molecule has 10 heteroatoms. The van der Waals surface area contributed by atoms with Crippen LogP contribution in [0.25, 0.3) is 11.3 Å². The topological polar surface area (TPSA) is 104 Å². The molecule has 3 aromatic rings. The molecule has 0 spiro atoms. The second-order valence-corrected chi connectivity index (χ2v) is 11.7. The van der Waals surface area contributed by atoms with E-state index in [2.05, 4.69) is 22.3 Å². The van der Waals surface area contributed by atoms with Gasteiger partial charge in [-0.05, 0) is 26.2 Å². The van der Waals surface area contributed by atoms with Crippen molar-refractivity contribution in [2.24, 2.45) is 0 Å². The van der Waals surface area contributed by atoms with Crippen molar-refractivity contribution in [2.75, 3.05) is 42.7 Å². The van der Waals surface area contributed by atoms with E-state index in [1.165, 1.54) is 0 Å². The lowest BCUT2D eigenvalue weighted by molar-refractivity contribution is -0.132. The highest BCUT2D eigenvalue weighted by Crippen LogP contribution is 2.35. The summed E-state index contributed by atoms with van der Waals surface area (Å²) in [7, 11) is 0.730. The minimum atomic E-state index is -1.10. The van der Waals surface area contributed by atoms with E-state index in [9.17, 15) is 9.00 Å². The molecule has 9 nitrogen and oxygen atoms in total. The molecule has 3 aliphatic heterocycles. The van der Waals surface area contributed by atoms with Gasteiger partial charge in [0.25, 0.3) is 0 Å². The first-order valence-electron chi connectivity index (χ1n) is 13.0.